The van der Waals surface area contributed by atoms with E-state index in [2.05, 4.69) is 15.7 Å². The van der Waals surface area contributed by atoms with E-state index in [1.54, 1.807) is 18.2 Å². The fraction of sp³-hybridized carbons (Fsp3) is 0.429. The average molecular weight is 387 g/mol. The molecule has 0 amide bonds. The second-order valence-electron chi connectivity index (χ2n) is 7.30. The fourth-order valence-electron chi connectivity index (χ4n) is 3.83. The van der Waals surface area contributed by atoms with Crippen LogP contribution in [0.2, 0.25) is 0 Å². The van der Waals surface area contributed by atoms with Crippen molar-refractivity contribution in [3.63, 3.8) is 0 Å². The first-order valence-electron chi connectivity index (χ1n) is 9.66. The zero-order chi connectivity index (χ0) is 18.7. The summed E-state index contributed by atoms with van der Waals surface area (Å²) < 4.78 is 33.7. The Morgan fingerprint density at radius 2 is 1.78 bits per heavy atom. The van der Waals surface area contributed by atoms with Crippen molar-refractivity contribution in [1.82, 2.24) is 9.62 Å². The van der Waals surface area contributed by atoms with E-state index in [1.165, 1.54) is 24.8 Å². The van der Waals surface area contributed by atoms with Crippen LogP contribution in [0, 0.1) is 0 Å². The van der Waals surface area contributed by atoms with E-state index >= 15 is 0 Å². The summed E-state index contributed by atoms with van der Waals surface area (Å²) in [4.78, 5) is 2.76. The normalized spacial score (nSPS) is 17.5. The summed E-state index contributed by atoms with van der Waals surface area (Å²) in [7, 11) is -3.55. The van der Waals surface area contributed by atoms with E-state index in [1.807, 2.05) is 18.2 Å². The summed E-state index contributed by atoms with van der Waals surface area (Å²) in [6, 6.07) is 13.2. The molecule has 0 spiro atoms. The zero-order valence-corrected chi connectivity index (χ0v) is 16.3. The monoisotopic (exact) mass is 386 g/mol. The van der Waals surface area contributed by atoms with Gasteiger partial charge in [0.15, 0.2) is 0 Å². The molecule has 27 heavy (non-hydrogen) atoms. The van der Waals surface area contributed by atoms with Gasteiger partial charge in [0.25, 0.3) is 0 Å². The van der Waals surface area contributed by atoms with Crippen molar-refractivity contribution < 1.29 is 13.2 Å². The van der Waals surface area contributed by atoms with Crippen molar-refractivity contribution >= 4 is 10.0 Å². The van der Waals surface area contributed by atoms with E-state index in [-0.39, 0.29) is 0 Å². The molecule has 0 aliphatic carbocycles. The summed E-state index contributed by atoms with van der Waals surface area (Å²) in [6.07, 6.45) is 4.56. The van der Waals surface area contributed by atoms with Crippen LogP contribution in [-0.4, -0.2) is 33.0 Å². The number of sulfonamides is 1. The minimum absolute atomic E-state index is 0.305. The van der Waals surface area contributed by atoms with E-state index in [4.69, 9.17) is 4.74 Å². The number of likely N-dealkylation sites (tertiary alicyclic amines) is 1. The molecule has 0 unspecified atom stereocenters. The van der Waals surface area contributed by atoms with Gasteiger partial charge in [0, 0.05) is 19.5 Å². The fourth-order valence-corrected chi connectivity index (χ4v) is 4.89. The Labute approximate surface area is 161 Å². The maximum atomic E-state index is 12.7. The van der Waals surface area contributed by atoms with Crippen molar-refractivity contribution in [2.24, 2.45) is 0 Å². The van der Waals surface area contributed by atoms with Gasteiger partial charge in [-0.1, -0.05) is 30.7 Å². The van der Waals surface area contributed by atoms with Gasteiger partial charge in [-0.25, -0.2) is 13.1 Å². The second-order valence-corrected chi connectivity index (χ2v) is 9.07. The Hall–Kier alpha value is -1.89. The van der Waals surface area contributed by atoms with Crippen LogP contribution < -0.4 is 9.46 Å². The first kappa shape index (κ1) is 18.5. The zero-order valence-electron chi connectivity index (χ0n) is 15.5. The van der Waals surface area contributed by atoms with Crippen LogP contribution in [0.4, 0.5) is 0 Å². The number of ether oxygens (including phenoxy) is 1. The number of rotatable bonds is 6. The molecule has 0 atom stereocenters. The molecule has 1 saturated heterocycles. The van der Waals surface area contributed by atoms with Gasteiger partial charge in [-0.2, -0.15) is 0 Å². The Kier molecular flexibility index (Phi) is 5.48. The summed E-state index contributed by atoms with van der Waals surface area (Å²) in [5.41, 5.74) is 3.20. The van der Waals surface area contributed by atoms with Gasteiger partial charge in [0.05, 0.1) is 11.5 Å². The Morgan fingerprint density at radius 1 is 1.00 bits per heavy atom. The molecule has 1 N–H and O–H groups in total. The van der Waals surface area contributed by atoms with Crippen LogP contribution in [0.15, 0.2) is 47.4 Å². The smallest absolute Gasteiger partial charge is 0.240 e. The molecule has 0 bridgehead atoms. The molecule has 5 nitrogen and oxygen atoms in total. The Morgan fingerprint density at radius 3 is 2.59 bits per heavy atom. The van der Waals surface area contributed by atoms with Crippen LogP contribution in [0.5, 0.6) is 5.75 Å². The molecule has 2 aromatic carbocycles. The predicted molar refractivity (Wildman–Crippen MR) is 105 cm³/mol. The van der Waals surface area contributed by atoms with Crippen molar-refractivity contribution in [2.45, 2.75) is 43.7 Å². The highest BCUT2D eigenvalue weighted by molar-refractivity contribution is 7.89. The van der Waals surface area contributed by atoms with E-state index in [0.29, 0.717) is 18.0 Å². The molecule has 6 heteroatoms. The minimum Gasteiger partial charge on any atom is -0.493 e. The quantitative estimate of drug-likeness (QED) is 0.829. The molecule has 4 rings (SSSR count). The average Bonchev–Trinajstić information content (AvgIpc) is 3.16. The van der Waals surface area contributed by atoms with E-state index in [0.717, 1.165) is 42.9 Å². The van der Waals surface area contributed by atoms with Crippen LogP contribution in [0.1, 0.15) is 36.0 Å². The maximum absolute atomic E-state index is 12.7. The molecule has 2 aliphatic heterocycles. The number of nitrogens with zero attached hydrogens (tertiary/aromatic N) is 1. The Balaban J connectivity index is 1.46. The number of nitrogens with one attached hydrogen (secondary N) is 1. The van der Waals surface area contributed by atoms with Crippen molar-refractivity contribution in [3.8, 4) is 5.75 Å². The maximum Gasteiger partial charge on any atom is 0.240 e. The largest absolute Gasteiger partial charge is 0.493 e. The van der Waals surface area contributed by atoms with Crippen LogP contribution in [-0.2, 0) is 29.5 Å². The van der Waals surface area contributed by atoms with Gasteiger partial charge >= 0.3 is 0 Å². The molecular formula is C21H26N2O3S. The molecule has 1 fully saturated rings. The predicted octanol–water partition coefficient (Wildman–Crippen LogP) is 3.09. The third-order valence-corrected chi connectivity index (χ3v) is 6.78. The lowest BCUT2D eigenvalue weighted by atomic mass is 10.1. The molecule has 2 aromatic rings. The molecule has 2 heterocycles. The summed E-state index contributed by atoms with van der Waals surface area (Å²) in [5, 5.41) is 0. The van der Waals surface area contributed by atoms with Gasteiger partial charge in [0.1, 0.15) is 5.75 Å². The van der Waals surface area contributed by atoms with Gasteiger partial charge in [0.2, 0.25) is 10.0 Å². The molecule has 0 saturated carbocycles. The van der Waals surface area contributed by atoms with Crippen molar-refractivity contribution in [2.75, 3.05) is 19.7 Å². The van der Waals surface area contributed by atoms with Gasteiger partial charge in [-0.05, 0) is 60.8 Å². The lowest BCUT2D eigenvalue weighted by molar-refractivity contribution is 0.220. The molecule has 0 aromatic heterocycles. The molecular weight excluding hydrogens is 360 g/mol. The number of piperidine rings is 1. The second kappa shape index (κ2) is 8.00. The van der Waals surface area contributed by atoms with Gasteiger partial charge < -0.3 is 4.74 Å². The SMILES string of the molecule is O=S(=O)(NCc1ccccc1CN1CCCCC1)c1ccc2c(c1)CCO2. The van der Waals surface area contributed by atoms with Crippen LogP contribution in [0.3, 0.4) is 0 Å². The highest BCUT2D eigenvalue weighted by atomic mass is 32.2. The number of fused-ring (bicyclic) bond motifs is 1. The minimum atomic E-state index is -3.55. The highest BCUT2D eigenvalue weighted by Crippen LogP contribution is 2.27. The Bertz CT molecular complexity index is 905. The topological polar surface area (TPSA) is 58.6 Å². The highest BCUT2D eigenvalue weighted by Gasteiger charge is 2.20. The van der Waals surface area contributed by atoms with Crippen LogP contribution in [0.25, 0.3) is 0 Å². The van der Waals surface area contributed by atoms with Crippen molar-refractivity contribution in [1.29, 1.82) is 0 Å². The standard InChI is InChI=1S/C21H26N2O3S/c24-27(25,20-8-9-21-17(14-20)10-13-26-21)22-15-18-6-2-3-7-19(18)16-23-11-4-1-5-12-23/h2-3,6-9,14,22H,1,4-5,10-13,15-16H2. The first-order chi connectivity index (χ1) is 13.1. The summed E-state index contributed by atoms with van der Waals surface area (Å²) in [5.74, 6) is 0.792. The summed E-state index contributed by atoms with van der Waals surface area (Å²) in [6.45, 7) is 4.05. The number of benzene rings is 2. The van der Waals surface area contributed by atoms with Crippen LogP contribution >= 0.6 is 0 Å². The third kappa shape index (κ3) is 4.34. The van der Waals surface area contributed by atoms with Gasteiger partial charge in [-0.15, -0.1) is 0 Å². The molecule has 2 aliphatic rings. The summed E-state index contributed by atoms with van der Waals surface area (Å²) >= 11 is 0. The number of hydrogen-bond donors (Lipinski definition) is 1. The lowest BCUT2D eigenvalue weighted by Gasteiger charge is -2.27. The van der Waals surface area contributed by atoms with Gasteiger partial charge in [-0.3, -0.25) is 4.90 Å². The first-order valence-corrected chi connectivity index (χ1v) is 11.1. The van der Waals surface area contributed by atoms with Crippen molar-refractivity contribution in [3.05, 3.63) is 59.2 Å². The lowest BCUT2D eigenvalue weighted by Crippen LogP contribution is -2.30. The third-order valence-electron chi connectivity index (χ3n) is 5.38. The number of hydrogen-bond acceptors (Lipinski definition) is 4. The van der Waals surface area contributed by atoms with E-state index < -0.39 is 10.0 Å². The molecule has 0 radical (unpaired) electrons. The molecule has 144 valence electrons. The van der Waals surface area contributed by atoms with E-state index in [9.17, 15) is 8.42 Å².